The quantitative estimate of drug-likeness (QED) is 0.383. The molecule has 0 aromatic carbocycles. The molecule has 0 aliphatic carbocycles. The highest BCUT2D eigenvalue weighted by molar-refractivity contribution is 14.2. The van der Waals surface area contributed by atoms with E-state index in [9.17, 15) is 4.57 Å². The molecule has 0 N–H and O–H groups in total. The summed E-state index contributed by atoms with van der Waals surface area (Å²) in [5.41, 5.74) is 0. The Morgan fingerprint density at radius 1 is 1.29 bits per heavy atom. The van der Waals surface area contributed by atoms with E-state index in [0.717, 1.165) is 0 Å². The summed E-state index contributed by atoms with van der Waals surface area (Å²) >= 11 is 1.65. The lowest BCUT2D eigenvalue weighted by Crippen LogP contribution is -2.37. The molecule has 0 radical (unpaired) electrons. The molecule has 0 aromatic rings. The van der Waals surface area contributed by atoms with E-state index in [1.54, 1.807) is 36.3 Å². The van der Waals surface area contributed by atoms with Gasteiger partial charge in [-0.2, -0.15) is 0 Å². The van der Waals surface area contributed by atoms with Crippen LogP contribution < -0.4 is 0 Å². The van der Waals surface area contributed by atoms with Crippen LogP contribution in [-0.4, -0.2) is 60.1 Å². The summed E-state index contributed by atoms with van der Waals surface area (Å²) in [5, 5.41) is -3.02. The van der Waals surface area contributed by atoms with Gasteiger partial charge in [-0.05, 0) is 0 Å². The van der Waals surface area contributed by atoms with E-state index < -0.39 is 5.24 Å². The topological polar surface area (TPSA) is 63.2 Å². The van der Waals surface area contributed by atoms with E-state index in [-0.39, 0.29) is 30.9 Å². The van der Waals surface area contributed by atoms with Crippen molar-refractivity contribution in [3.63, 3.8) is 0 Å². The third kappa shape index (κ3) is 4.16. The standard InChI is InChI=1S/C8H17BIO6P/c1-12-6-5(4-15-17(10,11)14-3)16-8(9)7(6)13-2/h5-8H,4,9H2,1-3H3/t5-,6+,7+,8-,17?/m1/s1. The van der Waals surface area contributed by atoms with Crippen molar-refractivity contribution in [2.45, 2.75) is 24.3 Å². The van der Waals surface area contributed by atoms with E-state index in [4.69, 9.17) is 23.3 Å². The SMILES string of the molecule is B[C@@H]1O[C@H](COP(=O)(I)OC)[C@H](OC)[C@@H]1OC. The Balaban J connectivity index is 2.57. The zero-order valence-corrected chi connectivity index (χ0v) is 13.3. The summed E-state index contributed by atoms with van der Waals surface area (Å²) in [4.78, 5) is 0. The molecule has 1 heterocycles. The first kappa shape index (κ1) is 15.9. The molecule has 100 valence electrons. The predicted octanol–water partition coefficient (Wildman–Crippen LogP) is 0.580. The highest BCUT2D eigenvalue weighted by Crippen LogP contribution is 2.56. The minimum atomic E-state index is -3.02. The molecule has 0 saturated carbocycles. The summed E-state index contributed by atoms with van der Waals surface area (Å²) < 4.78 is 37.8. The van der Waals surface area contributed by atoms with Gasteiger partial charge in [-0.3, -0.25) is 4.52 Å². The van der Waals surface area contributed by atoms with Crippen molar-refractivity contribution in [2.75, 3.05) is 27.9 Å². The van der Waals surface area contributed by atoms with Crippen LogP contribution in [0.3, 0.4) is 0 Å². The lowest BCUT2D eigenvalue weighted by molar-refractivity contribution is -0.0367. The molecule has 0 amide bonds. The van der Waals surface area contributed by atoms with Crippen LogP contribution in [0, 0.1) is 0 Å². The van der Waals surface area contributed by atoms with Crippen LogP contribution in [0.4, 0.5) is 0 Å². The second-order valence-electron chi connectivity index (χ2n) is 3.69. The van der Waals surface area contributed by atoms with E-state index >= 15 is 0 Å². The molecule has 1 aliphatic rings. The predicted molar refractivity (Wildman–Crippen MR) is 73.4 cm³/mol. The van der Waals surface area contributed by atoms with Gasteiger partial charge in [0.25, 0.3) is 0 Å². The van der Waals surface area contributed by atoms with E-state index in [1.807, 2.05) is 7.85 Å². The fourth-order valence-corrected chi connectivity index (χ4v) is 2.78. The molecule has 1 rings (SSSR count). The van der Waals surface area contributed by atoms with Crippen molar-refractivity contribution in [3.8, 4) is 0 Å². The molecule has 1 fully saturated rings. The van der Waals surface area contributed by atoms with Crippen LogP contribution in [0.25, 0.3) is 0 Å². The third-order valence-electron chi connectivity index (χ3n) is 2.70. The molecule has 6 nitrogen and oxygen atoms in total. The Labute approximate surface area is 115 Å². The highest BCUT2D eigenvalue weighted by atomic mass is 127. The average molecular weight is 378 g/mol. The Kier molecular flexibility index (Phi) is 6.39. The Bertz CT molecular complexity index is 293. The number of halogens is 1. The van der Waals surface area contributed by atoms with Gasteiger partial charge in [0.05, 0.1) is 34.7 Å². The van der Waals surface area contributed by atoms with Gasteiger partial charge >= 0.3 is 5.24 Å². The maximum Gasteiger partial charge on any atom is 0.388 e. The summed E-state index contributed by atoms with van der Waals surface area (Å²) in [7, 11) is 6.44. The molecule has 1 saturated heterocycles. The van der Waals surface area contributed by atoms with Gasteiger partial charge in [0.2, 0.25) is 0 Å². The molecule has 0 spiro atoms. The van der Waals surface area contributed by atoms with Crippen LogP contribution in [-0.2, 0) is 27.8 Å². The first-order valence-corrected chi connectivity index (χ1v) is 9.49. The number of rotatable bonds is 6. The zero-order chi connectivity index (χ0) is 13.1. The van der Waals surface area contributed by atoms with Gasteiger partial charge in [0.1, 0.15) is 26.2 Å². The average Bonchev–Trinajstić information content (AvgIpc) is 2.62. The molecular weight excluding hydrogens is 361 g/mol. The van der Waals surface area contributed by atoms with Crippen LogP contribution >= 0.6 is 27.3 Å². The monoisotopic (exact) mass is 378 g/mol. The second kappa shape index (κ2) is 6.84. The fourth-order valence-electron chi connectivity index (χ4n) is 1.87. The molecule has 1 unspecified atom stereocenters. The summed E-state index contributed by atoms with van der Waals surface area (Å²) in [5.74, 6) is 0. The van der Waals surface area contributed by atoms with E-state index in [0.29, 0.717) is 0 Å². The van der Waals surface area contributed by atoms with Gasteiger partial charge < -0.3 is 18.7 Å². The van der Waals surface area contributed by atoms with Crippen LogP contribution in [0.1, 0.15) is 0 Å². The van der Waals surface area contributed by atoms with Crippen LogP contribution in [0.5, 0.6) is 0 Å². The maximum atomic E-state index is 11.6. The van der Waals surface area contributed by atoms with Crippen molar-refractivity contribution in [2.24, 2.45) is 0 Å². The Morgan fingerprint density at radius 2 is 1.88 bits per heavy atom. The van der Waals surface area contributed by atoms with Gasteiger partial charge in [-0.25, -0.2) is 4.57 Å². The van der Waals surface area contributed by atoms with Gasteiger partial charge in [0.15, 0.2) is 0 Å². The van der Waals surface area contributed by atoms with Crippen molar-refractivity contribution >= 4 is 35.1 Å². The zero-order valence-electron chi connectivity index (χ0n) is 10.3. The van der Waals surface area contributed by atoms with Crippen molar-refractivity contribution < 1.29 is 27.8 Å². The Hall–Kier alpha value is 0.825. The van der Waals surface area contributed by atoms with Crippen molar-refractivity contribution in [1.29, 1.82) is 0 Å². The highest BCUT2D eigenvalue weighted by Gasteiger charge is 2.43. The minimum Gasteiger partial charge on any atom is -0.377 e. The number of hydrogen-bond acceptors (Lipinski definition) is 6. The van der Waals surface area contributed by atoms with Crippen molar-refractivity contribution in [3.05, 3.63) is 0 Å². The lowest BCUT2D eigenvalue weighted by atomic mass is 9.93. The van der Waals surface area contributed by atoms with E-state index in [2.05, 4.69) is 0 Å². The third-order valence-corrected chi connectivity index (χ3v) is 5.61. The maximum absolute atomic E-state index is 11.6. The molecular formula is C8H17BIO6P. The Morgan fingerprint density at radius 3 is 2.35 bits per heavy atom. The normalized spacial score (nSPS) is 36.9. The summed E-state index contributed by atoms with van der Waals surface area (Å²) in [6.07, 6.45) is -0.689. The molecule has 5 atom stereocenters. The minimum absolute atomic E-state index is 0.0882. The van der Waals surface area contributed by atoms with E-state index in [1.165, 1.54) is 7.11 Å². The first-order chi connectivity index (χ1) is 7.95. The van der Waals surface area contributed by atoms with Gasteiger partial charge in [0, 0.05) is 21.3 Å². The van der Waals surface area contributed by atoms with Crippen molar-refractivity contribution in [1.82, 2.24) is 0 Å². The smallest absolute Gasteiger partial charge is 0.377 e. The lowest BCUT2D eigenvalue weighted by Gasteiger charge is -2.21. The number of methoxy groups -OCH3 is 2. The second-order valence-corrected chi connectivity index (χ2v) is 8.72. The number of hydrogen-bond donors (Lipinski definition) is 0. The van der Waals surface area contributed by atoms with Gasteiger partial charge in [-0.15, -0.1) is 0 Å². The summed E-state index contributed by atoms with van der Waals surface area (Å²) in [6, 6.07) is -0.0882. The first-order valence-electron chi connectivity index (χ1n) is 5.16. The fraction of sp³-hybridized carbons (Fsp3) is 1.00. The molecule has 0 bridgehead atoms. The number of ether oxygens (including phenoxy) is 3. The molecule has 1 aliphatic heterocycles. The van der Waals surface area contributed by atoms with Crippen LogP contribution in [0.15, 0.2) is 0 Å². The molecule has 0 aromatic heterocycles. The van der Waals surface area contributed by atoms with Gasteiger partial charge in [-0.1, -0.05) is 0 Å². The molecule has 9 heteroatoms. The van der Waals surface area contributed by atoms with Crippen LogP contribution in [0.2, 0.25) is 0 Å². The summed E-state index contributed by atoms with van der Waals surface area (Å²) in [6.45, 7) is 0.150. The molecule has 17 heavy (non-hydrogen) atoms. The largest absolute Gasteiger partial charge is 0.388 e.